The molecule has 0 atom stereocenters. The Morgan fingerprint density at radius 3 is 1.11 bits per heavy atom. The third kappa shape index (κ3) is 5.41. The standard InChI is InChI=1S/C32H22N4O2/c33-23-25-15-19-27(20-16-25)35(37-29-9-3-1-4-10-29)31-13-7-8-14-32(31)36(38-30-11-5-2-6-12-30)28-21-17-26(24-34)18-22-28/h1-22H. The summed E-state index contributed by atoms with van der Waals surface area (Å²) in [4.78, 5) is 12.8. The van der Waals surface area contributed by atoms with Crippen molar-refractivity contribution in [2.75, 3.05) is 10.1 Å². The lowest BCUT2D eigenvalue weighted by molar-refractivity contribution is 0.311. The van der Waals surface area contributed by atoms with E-state index in [0.717, 1.165) is 11.4 Å². The van der Waals surface area contributed by atoms with Crippen LogP contribution in [0, 0.1) is 22.7 Å². The zero-order valence-corrected chi connectivity index (χ0v) is 20.3. The van der Waals surface area contributed by atoms with Gasteiger partial charge in [0.15, 0.2) is 11.5 Å². The van der Waals surface area contributed by atoms with Crippen LogP contribution in [0.3, 0.4) is 0 Å². The van der Waals surface area contributed by atoms with Crippen LogP contribution in [0.2, 0.25) is 0 Å². The van der Waals surface area contributed by atoms with E-state index >= 15 is 0 Å². The largest absolute Gasteiger partial charge is 0.375 e. The van der Waals surface area contributed by atoms with E-state index in [1.165, 1.54) is 0 Å². The van der Waals surface area contributed by atoms with Crippen molar-refractivity contribution in [1.29, 1.82) is 10.5 Å². The van der Waals surface area contributed by atoms with Gasteiger partial charge >= 0.3 is 0 Å². The van der Waals surface area contributed by atoms with Crippen molar-refractivity contribution in [3.8, 4) is 23.6 Å². The minimum Gasteiger partial charge on any atom is -0.375 e. The van der Waals surface area contributed by atoms with E-state index in [1.807, 2.05) is 109 Å². The first-order valence-electron chi connectivity index (χ1n) is 11.9. The second-order valence-electron chi connectivity index (χ2n) is 8.20. The zero-order valence-electron chi connectivity index (χ0n) is 20.3. The van der Waals surface area contributed by atoms with Crippen LogP contribution in [0.5, 0.6) is 11.5 Å². The Morgan fingerprint density at radius 1 is 0.421 bits per heavy atom. The Bertz CT molecular complexity index is 1450. The van der Waals surface area contributed by atoms with Crippen molar-refractivity contribution in [3.05, 3.63) is 145 Å². The minimum absolute atomic E-state index is 0.549. The lowest BCUT2D eigenvalue weighted by atomic mass is 10.2. The van der Waals surface area contributed by atoms with Gasteiger partial charge in [-0.3, -0.25) is 0 Å². The van der Waals surface area contributed by atoms with Gasteiger partial charge < -0.3 is 9.68 Å². The van der Waals surface area contributed by atoms with Gasteiger partial charge in [-0.05, 0) is 84.9 Å². The Morgan fingerprint density at radius 2 is 0.763 bits per heavy atom. The zero-order chi connectivity index (χ0) is 26.2. The first-order valence-corrected chi connectivity index (χ1v) is 11.9. The number of nitrogens with zero attached hydrogens (tertiary/aromatic N) is 4. The molecule has 6 nitrogen and oxygen atoms in total. The van der Waals surface area contributed by atoms with Crippen molar-refractivity contribution < 1.29 is 9.68 Å². The third-order valence-corrected chi connectivity index (χ3v) is 5.66. The summed E-state index contributed by atoms with van der Waals surface area (Å²) in [5, 5.41) is 22.0. The maximum atomic E-state index is 9.30. The van der Waals surface area contributed by atoms with Crippen LogP contribution in [-0.2, 0) is 0 Å². The summed E-state index contributed by atoms with van der Waals surface area (Å²) in [5.41, 5.74) is 3.93. The number of anilines is 4. The summed E-state index contributed by atoms with van der Waals surface area (Å²) < 4.78 is 0. The highest BCUT2D eigenvalue weighted by Crippen LogP contribution is 2.39. The highest BCUT2D eigenvalue weighted by atomic mass is 16.7. The van der Waals surface area contributed by atoms with Gasteiger partial charge in [-0.25, -0.2) is 0 Å². The second-order valence-corrected chi connectivity index (χ2v) is 8.20. The number of benzene rings is 5. The number of rotatable bonds is 8. The van der Waals surface area contributed by atoms with Gasteiger partial charge in [0.1, 0.15) is 11.4 Å². The van der Waals surface area contributed by atoms with Gasteiger partial charge in [0.05, 0.1) is 34.6 Å². The van der Waals surface area contributed by atoms with Gasteiger partial charge in [-0.1, -0.05) is 48.5 Å². The van der Waals surface area contributed by atoms with Gasteiger partial charge in [0, 0.05) is 0 Å². The maximum absolute atomic E-state index is 9.30. The number of hydrogen-bond donors (Lipinski definition) is 0. The molecule has 5 aromatic rings. The van der Waals surface area contributed by atoms with Crippen LogP contribution < -0.4 is 19.8 Å². The molecule has 0 amide bonds. The monoisotopic (exact) mass is 494 g/mol. The summed E-state index contributed by atoms with van der Waals surface area (Å²) in [6.45, 7) is 0. The normalized spacial score (nSPS) is 10.1. The predicted molar refractivity (Wildman–Crippen MR) is 147 cm³/mol. The molecule has 182 valence electrons. The second kappa shape index (κ2) is 11.3. The van der Waals surface area contributed by atoms with Crippen molar-refractivity contribution in [2.45, 2.75) is 0 Å². The van der Waals surface area contributed by atoms with E-state index < -0.39 is 0 Å². The smallest absolute Gasteiger partial charge is 0.155 e. The lowest BCUT2D eigenvalue weighted by Gasteiger charge is -2.31. The average Bonchev–Trinajstić information content (AvgIpc) is 3.00. The maximum Gasteiger partial charge on any atom is 0.155 e. The molecule has 0 unspecified atom stereocenters. The summed E-state index contributed by atoms with van der Waals surface area (Å²) in [6, 6.07) is 45.3. The molecule has 0 aliphatic carbocycles. The van der Waals surface area contributed by atoms with E-state index in [1.54, 1.807) is 34.4 Å². The SMILES string of the molecule is N#Cc1ccc(N(Oc2ccccc2)c2ccccc2N(Oc2ccccc2)c2ccc(C#N)cc2)cc1. The van der Waals surface area contributed by atoms with Crippen LogP contribution in [-0.4, -0.2) is 0 Å². The van der Waals surface area contributed by atoms with Gasteiger partial charge in [-0.15, -0.1) is 0 Å². The van der Waals surface area contributed by atoms with Crippen molar-refractivity contribution in [3.63, 3.8) is 0 Å². The van der Waals surface area contributed by atoms with E-state index in [2.05, 4.69) is 12.1 Å². The Balaban J connectivity index is 1.64. The molecule has 38 heavy (non-hydrogen) atoms. The van der Waals surface area contributed by atoms with Crippen molar-refractivity contribution in [2.24, 2.45) is 0 Å². The van der Waals surface area contributed by atoms with Crippen molar-refractivity contribution >= 4 is 22.7 Å². The molecule has 5 aromatic carbocycles. The Hall–Kier alpha value is -5.72. The van der Waals surface area contributed by atoms with Crippen LogP contribution in [0.4, 0.5) is 22.7 Å². The van der Waals surface area contributed by atoms with Crippen LogP contribution in [0.1, 0.15) is 11.1 Å². The van der Waals surface area contributed by atoms with Crippen LogP contribution in [0.15, 0.2) is 133 Å². The van der Waals surface area contributed by atoms with Gasteiger partial charge in [-0.2, -0.15) is 20.7 Å². The first-order chi connectivity index (χ1) is 18.7. The molecule has 0 saturated carbocycles. The quantitative estimate of drug-likeness (QED) is 0.206. The number of hydrogen-bond acceptors (Lipinski definition) is 6. The molecule has 0 radical (unpaired) electrons. The molecule has 0 bridgehead atoms. The van der Waals surface area contributed by atoms with Gasteiger partial charge in [0.2, 0.25) is 0 Å². The van der Waals surface area contributed by atoms with E-state index in [0.29, 0.717) is 34.0 Å². The molecule has 0 heterocycles. The van der Waals surface area contributed by atoms with Crippen LogP contribution in [0.25, 0.3) is 0 Å². The molecule has 0 N–H and O–H groups in total. The predicted octanol–water partition coefficient (Wildman–Crippen LogP) is 7.69. The Kier molecular flexibility index (Phi) is 7.16. The highest BCUT2D eigenvalue weighted by Gasteiger charge is 2.22. The molecule has 0 aromatic heterocycles. The summed E-state index contributed by atoms with van der Waals surface area (Å²) in [6.07, 6.45) is 0. The molecule has 5 rings (SSSR count). The molecule has 6 heteroatoms. The molecule has 0 fully saturated rings. The fourth-order valence-corrected chi connectivity index (χ4v) is 3.81. The molecular formula is C32H22N4O2. The van der Waals surface area contributed by atoms with Crippen molar-refractivity contribution in [1.82, 2.24) is 0 Å². The molecular weight excluding hydrogens is 472 g/mol. The lowest BCUT2D eigenvalue weighted by Crippen LogP contribution is -2.27. The molecule has 0 saturated heterocycles. The fourth-order valence-electron chi connectivity index (χ4n) is 3.81. The molecule has 0 aliphatic rings. The number of nitriles is 2. The van der Waals surface area contributed by atoms with Gasteiger partial charge in [0.25, 0.3) is 0 Å². The summed E-state index contributed by atoms with van der Waals surface area (Å²) in [7, 11) is 0. The highest BCUT2D eigenvalue weighted by molar-refractivity contribution is 5.80. The van der Waals surface area contributed by atoms with E-state index in [4.69, 9.17) is 9.68 Å². The molecule has 0 spiro atoms. The van der Waals surface area contributed by atoms with E-state index in [-0.39, 0.29) is 0 Å². The summed E-state index contributed by atoms with van der Waals surface area (Å²) in [5.74, 6) is 1.28. The first kappa shape index (κ1) is 24.0. The topological polar surface area (TPSA) is 72.5 Å². The fraction of sp³-hybridized carbons (Fsp3) is 0. The van der Waals surface area contributed by atoms with Crippen LogP contribution >= 0.6 is 0 Å². The third-order valence-electron chi connectivity index (χ3n) is 5.66. The average molecular weight is 495 g/mol. The van der Waals surface area contributed by atoms with E-state index in [9.17, 15) is 10.5 Å². The summed E-state index contributed by atoms with van der Waals surface area (Å²) >= 11 is 0. The number of para-hydroxylation sites is 4. The minimum atomic E-state index is 0.549. The Labute approximate surface area is 221 Å². The molecule has 0 aliphatic heterocycles.